The van der Waals surface area contributed by atoms with Crippen LogP contribution in [0.25, 0.3) is 0 Å². The molecular weight excluding hydrogens is 136 g/mol. The standard InChI is InChI=1S/C9H18N2/c1-9-6-11(2)5-7(9)3-4-8(9)10/h7-8H,3-6,10H2,1-2H3/t7?,8-,9+/m1/s1. The second-order valence-corrected chi connectivity index (χ2v) is 4.58. The topological polar surface area (TPSA) is 29.3 Å². The zero-order valence-corrected chi connectivity index (χ0v) is 7.51. The number of nitrogens with two attached hydrogens (primary N) is 1. The average Bonchev–Trinajstić information content (AvgIpc) is 2.32. The zero-order chi connectivity index (χ0) is 8.06. The summed E-state index contributed by atoms with van der Waals surface area (Å²) in [7, 11) is 2.20. The fourth-order valence-electron chi connectivity index (χ4n) is 2.91. The van der Waals surface area contributed by atoms with Crippen molar-refractivity contribution in [3.8, 4) is 0 Å². The molecule has 1 unspecified atom stereocenters. The lowest BCUT2D eigenvalue weighted by Crippen LogP contribution is -2.39. The summed E-state index contributed by atoms with van der Waals surface area (Å²) < 4.78 is 0. The predicted octanol–water partition coefficient (Wildman–Crippen LogP) is 0.675. The van der Waals surface area contributed by atoms with Gasteiger partial charge in [-0.15, -0.1) is 0 Å². The predicted molar refractivity (Wildman–Crippen MR) is 46.3 cm³/mol. The number of hydrogen-bond acceptors (Lipinski definition) is 2. The maximum absolute atomic E-state index is 6.09. The maximum Gasteiger partial charge on any atom is 0.0108 e. The molecule has 64 valence electrons. The van der Waals surface area contributed by atoms with Gasteiger partial charge in [-0.05, 0) is 31.2 Å². The van der Waals surface area contributed by atoms with Gasteiger partial charge in [-0.2, -0.15) is 0 Å². The molecule has 3 atom stereocenters. The highest BCUT2D eigenvalue weighted by Crippen LogP contribution is 2.46. The third kappa shape index (κ3) is 0.926. The highest BCUT2D eigenvalue weighted by molar-refractivity contribution is 5.03. The van der Waals surface area contributed by atoms with Crippen molar-refractivity contribution >= 4 is 0 Å². The van der Waals surface area contributed by atoms with Gasteiger partial charge >= 0.3 is 0 Å². The smallest absolute Gasteiger partial charge is 0.0108 e. The Bertz CT molecular complexity index is 169. The SMILES string of the molecule is CN1CC2CC[C@@H](N)[C@@]2(C)C1. The lowest BCUT2D eigenvalue weighted by atomic mass is 9.80. The van der Waals surface area contributed by atoms with E-state index in [9.17, 15) is 0 Å². The molecule has 0 radical (unpaired) electrons. The molecule has 1 saturated carbocycles. The van der Waals surface area contributed by atoms with Crippen LogP contribution in [-0.2, 0) is 0 Å². The first kappa shape index (κ1) is 7.56. The summed E-state index contributed by atoms with van der Waals surface area (Å²) in [4.78, 5) is 2.42. The fraction of sp³-hybridized carbons (Fsp3) is 1.00. The second kappa shape index (κ2) is 2.20. The van der Waals surface area contributed by atoms with Gasteiger partial charge in [0.1, 0.15) is 0 Å². The first-order valence-electron chi connectivity index (χ1n) is 4.57. The minimum absolute atomic E-state index is 0.439. The van der Waals surface area contributed by atoms with Gasteiger partial charge in [-0.1, -0.05) is 6.92 Å². The van der Waals surface area contributed by atoms with Crippen LogP contribution >= 0.6 is 0 Å². The lowest BCUT2D eigenvalue weighted by molar-refractivity contribution is 0.254. The number of nitrogens with zero attached hydrogens (tertiary/aromatic N) is 1. The van der Waals surface area contributed by atoms with Crippen molar-refractivity contribution in [2.75, 3.05) is 20.1 Å². The van der Waals surface area contributed by atoms with Crippen molar-refractivity contribution in [2.45, 2.75) is 25.8 Å². The van der Waals surface area contributed by atoms with E-state index >= 15 is 0 Å². The van der Waals surface area contributed by atoms with E-state index < -0.39 is 0 Å². The second-order valence-electron chi connectivity index (χ2n) is 4.58. The molecule has 1 aliphatic heterocycles. The van der Waals surface area contributed by atoms with E-state index in [0.29, 0.717) is 11.5 Å². The van der Waals surface area contributed by atoms with Gasteiger partial charge < -0.3 is 10.6 Å². The van der Waals surface area contributed by atoms with Crippen LogP contribution < -0.4 is 5.73 Å². The molecule has 2 nitrogen and oxygen atoms in total. The summed E-state index contributed by atoms with van der Waals surface area (Å²) in [5.74, 6) is 0.877. The van der Waals surface area contributed by atoms with E-state index in [0.717, 1.165) is 5.92 Å². The van der Waals surface area contributed by atoms with Gasteiger partial charge in [0.25, 0.3) is 0 Å². The molecule has 2 rings (SSSR count). The van der Waals surface area contributed by atoms with Gasteiger partial charge in [0.15, 0.2) is 0 Å². The van der Waals surface area contributed by atoms with Crippen LogP contribution in [-0.4, -0.2) is 31.1 Å². The molecule has 0 spiro atoms. The summed E-state index contributed by atoms with van der Waals surface area (Å²) >= 11 is 0. The van der Waals surface area contributed by atoms with Crippen molar-refractivity contribution in [2.24, 2.45) is 17.1 Å². The zero-order valence-electron chi connectivity index (χ0n) is 7.51. The van der Waals surface area contributed by atoms with Crippen molar-refractivity contribution < 1.29 is 0 Å². The Labute approximate surface area is 68.7 Å². The fourth-order valence-corrected chi connectivity index (χ4v) is 2.91. The molecule has 0 aromatic rings. The minimum atomic E-state index is 0.439. The maximum atomic E-state index is 6.09. The van der Waals surface area contributed by atoms with Gasteiger partial charge in [0.05, 0.1) is 0 Å². The third-order valence-electron chi connectivity index (χ3n) is 3.75. The molecule has 0 bridgehead atoms. The number of rotatable bonds is 0. The monoisotopic (exact) mass is 154 g/mol. The van der Waals surface area contributed by atoms with Crippen LogP contribution in [0.1, 0.15) is 19.8 Å². The molecule has 0 aromatic carbocycles. The molecule has 1 saturated heterocycles. The van der Waals surface area contributed by atoms with Crippen LogP contribution in [0.3, 0.4) is 0 Å². The van der Waals surface area contributed by atoms with Gasteiger partial charge in [-0.25, -0.2) is 0 Å². The van der Waals surface area contributed by atoms with E-state index in [-0.39, 0.29) is 0 Å². The van der Waals surface area contributed by atoms with E-state index in [1.165, 1.54) is 25.9 Å². The average molecular weight is 154 g/mol. The molecule has 2 aliphatic rings. The summed E-state index contributed by atoms with van der Waals surface area (Å²) in [5.41, 5.74) is 6.53. The van der Waals surface area contributed by atoms with Crippen molar-refractivity contribution in [3.05, 3.63) is 0 Å². The number of fused-ring (bicyclic) bond motifs is 1. The van der Waals surface area contributed by atoms with Crippen molar-refractivity contribution in [1.82, 2.24) is 4.90 Å². The number of likely N-dealkylation sites (tertiary alicyclic amines) is 1. The number of hydrogen-bond donors (Lipinski definition) is 1. The van der Waals surface area contributed by atoms with Crippen LogP contribution in [0.5, 0.6) is 0 Å². The van der Waals surface area contributed by atoms with Crippen LogP contribution in [0, 0.1) is 11.3 Å². The lowest BCUT2D eigenvalue weighted by Gasteiger charge is -2.28. The third-order valence-corrected chi connectivity index (χ3v) is 3.75. The first-order valence-corrected chi connectivity index (χ1v) is 4.57. The Kier molecular flexibility index (Phi) is 1.52. The molecular formula is C9H18N2. The Morgan fingerprint density at radius 1 is 1.45 bits per heavy atom. The first-order chi connectivity index (χ1) is 5.13. The van der Waals surface area contributed by atoms with Crippen molar-refractivity contribution in [1.29, 1.82) is 0 Å². The molecule has 2 fully saturated rings. The van der Waals surface area contributed by atoms with Gasteiger partial charge in [0, 0.05) is 19.1 Å². The van der Waals surface area contributed by atoms with E-state index in [1.807, 2.05) is 0 Å². The quantitative estimate of drug-likeness (QED) is 0.556. The molecule has 0 amide bonds. The normalized spacial score (nSPS) is 51.5. The van der Waals surface area contributed by atoms with E-state index in [2.05, 4.69) is 18.9 Å². The Morgan fingerprint density at radius 3 is 2.82 bits per heavy atom. The Balaban J connectivity index is 2.20. The molecule has 2 N–H and O–H groups in total. The van der Waals surface area contributed by atoms with Crippen LogP contribution in [0.2, 0.25) is 0 Å². The molecule has 0 aromatic heterocycles. The van der Waals surface area contributed by atoms with Gasteiger partial charge in [0.2, 0.25) is 0 Å². The molecule has 1 heterocycles. The minimum Gasteiger partial charge on any atom is -0.327 e. The molecule has 2 heteroatoms. The van der Waals surface area contributed by atoms with Crippen LogP contribution in [0.4, 0.5) is 0 Å². The van der Waals surface area contributed by atoms with E-state index in [1.54, 1.807) is 0 Å². The molecule has 11 heavy (non-hydrogen) atoms. The molecule has 1 aliphatic carbocycles. The summed E-state index contributed by atoms with van der Waals surface area (Å²) in [6, 6.07) is 0.456. The van der Waals surface area contributed by atoms with Crippen molar-refractivity contribution in [3.63, 3.8) is 0 Å². The highest BCUT2D eigenvalue weighted by Gasteiger charge is 2.49. The summed E-state index contributed by atoms with van der Waals surface area (Å²) in [6.07, 6.45) is 2.59. The highest BCUT2D eigenvalue weighted by atomic mass is 15.1. The van der Waals surface area contributed by atoms with Gasteiger partial charge in [-0.3, -0.25) is 0 Å². The van der Waals surface area contributed by atoms with E-state index in [4.69, 9.17) is 5.73 Å². The largest absolute Gasteiger partial charge is 0.327 e. The Hall–Kier alpha value is -0.0800. The summed E-state index contributed by atoms with van der Waals surface area (Å²) in [5, 5.41) is 0. The Morgan fingerprint density at radius 2 is 2.18 bits per heavy atom. The van der Waals surface area contributed by atoms with Crippen LogP contribution in [0.15, 0.2) is 0 Å². The summed E-state index contributed by atoms with van der Waals surface area (Å²) in [6.45, 7) is 4.84.